The van der Waals surface area contributed by atoms with E-state index in [1.54, 1.807) is 12.4 Å². The van der Waals surface area contributed by atoms with Crippen LogP contribution in [0.4, 0.5) is 0 Å². The first-order valence-corrected chi connectivity index (χ1v) is 5.65. The molecule has 0 saturated heterocycles. The van der Waals surface area contributed by atoms with Crippen molar-refractivity contribution in [2.45, 2.75) is 13.5 Å². The molecule has 0 saturated carbocycles. The summed E-state index contributed by atoms with van der Waals surface area (Å²) < 4.78 is 0. The number of rotatable bonds is 4. The SMILES string of the molecule is Cc1ccncc1CNC(=O)C(=O)NCC(N)=S. The molecule has 0 aliphatic heterocycles. The smallest absolute Gasteiger partial charge is 0.309 e. The lowest BCUT2D eigenvalue weighted by Crippen LogP contribution is -2.42. The van der Waals surface area contributed by atoms with Crippen LogP contribution in [0, 0.1) is 6.92 Å². The molecule has 0 unspecified atom stereocenters. The fourth-order valence-electron chi connectivity index (χ4n) is 1.19. The van der Waals surface area contributed by atoms with Crippen LogP contribution in [0.1, 0.15) is 11.1 Å². The summed E-state index contributed by atoms with van der Waals surface area (Å²) >= 11 is 4.58. The Labute approximate surface area is 110 Å². The first-order valence-electron chi connectivity index (χ1n) is 5.24. The van der Waals surface area contributed by atoms with Crippen molar-refractivity contribution in [1.29, 1.82) is 0 Å². The lowest BCUT2D eigenvalue weighted by atomic mass is 10.1. The highest BCUT2D eigenvalue weighted by Crippen LogP contribution is 2.03. The van der Waals surface area contributed by atoms with Crippen molar-refractivity contribution in [3.05, 3.63) is 29.6 Å². The van der Waals surface area contributed by atoms with Gasteiger partial charge in [0.25, 0.3) is 0 Å². The zero-order valence-electron chi connectivity index (χ0n) is 9.90. The lowest BCUT2D eigenvalue weighted by Gasteiger charge is -2.07. The molecule has 1 heterocycles. The number of nitrogens with two attached hydrogens (primary N) is 1. The third-order valence-corrected chi connectivity index (χ3v) is 2.36. The Morgan fingerprint density at radius 3 is 2.67 bits per heavy atom. The predicted molar refractivity (Wildman–Crippen MR) is 70.6 cm³/mol. The fraction of sp³-hybridized carbons (Fsp3) is 0.273. The first-order chi connectivity index (χ1) is 8.50. The van der Waals surface area contributed by atoms with E-state index in [4.69, 9.17) is 5.73 Å². The van der Waals surface area contributed by atoms with E-state index in [1.807, 2.05) is 13.0 Å². The van der Waals surface area contributed by atoms with Gasteiger partial charge in [0.2, 0.25) is 0 Å². The highest BCUT2D eigenvalue weighted by Gasteiger charge is 2.12. The van der Waals surface area contributed by atoms with Crippen molar-refractivity contribution >= 4 is 29.0 Å². The van der Waals surface area contributed by atoms with Crippen LogP contribution in [0.3, 0.4) is 0 Å². The van der Waals surface area contributed by atoms with Gasteiger partial charge in [-0.15, -0.1) is 0 Å². The Morgan fingerprint density at radius 2 is 2.06 bits per heavy atom. The van der Waals surface area contributed by atoms with E-state index < -0.39 is 11.8 Å². The molecule has 0 fully saturated rings. The highest BCUT2D eigenvalue weighted by molar-refractivity contribution is 7.80. The molecule has 2 amide bonds. The average molecular weight is 266 g/mol. The Hall–Kier alpha value is -2.02. The molecule has 0 aliphatic rings. The van der Waals surface area contributed by atoms with Crippen LogP contribution in [0.25, 0.3) is 0 Å². The van der Waals surface area contributed by atoms with E-state index in [0.717, 1.165) is 11.1 Å². The number of aromatic nitrogens is 1. The van der Waals surface area contributed by atoms with Gasteiger partial charge in [0, 0.05) is 18.9 Å². The summed E-state index contributed by atoms with van der Waals surface area (Å²) in [5.74, 6) is -1.49. The van der Waals surface area contributed by atoms with Crippen molar-refractivity contribution in [1.82, 2.24) is 15.6 Å². The van der Waals surface area contributed by atoms with E-state index in [-0.39, 0.29) is 18.1 Å². The summed E-state index contributed by atoms with van der Waals surface area (Å²) in [6.45, 7) is 2.16. The van der Waals surface area contributed by atoms with Crippen molar-refractivity contribution in [3.8, 4) is 0 Å². The Morgan fingerprint density at radius 1 is 1.39 bits per heavy atom. The number of hydrogen-bond donors (Lipinski definition) is 3. The zero-order chi connectivity index (χ0) is 13.5. The Bertz CT molecular complexity index is 476. The van der Waals surface area contributed by atoms with Gasteiger partial charge in [0.1, 0.15) is 0 Å². The van der Waals surface area contributed by atoms with Crippen LogP contribution >= 0.6 is 12.2 Å². The number of nitrogens with zero attached hydrogens (tertiary/aromatic N) is 1. The van der Waals surface area contributed by atoms with Crippen molar-refractivity contribution in [2.75, 3.05) is 6.54 Å². The number of thiocarbonyl (C=S) groups is 1. The third kappa shape index (κ3) is 4.46. The molecule has 1 aromatic rings. The number of pyridine rings is 1. The van der Waals surface area contributed by atoms with Crippen molar-refractivity contribution in [2.24, 2.45) is 5.73 Å². The molecule has 0 spiro atoms. The lowest BCUT2D eigenvalue weighted by molar-refractivity contribution is -0.139. The molecular formula is C11H14N4O2S. The zero-order valence-corrected chi connectivity index (χ0v) is 10.7. The second kappa shape index (κ2) is 6.65. The van der Waals surface area contributed by atoms with E-state index in [9.17, 15) is 9.59 Å². The predicted octanol–water partition coefficient (Wildman–Crippen LogP) is -0.591. The van der Waals surface area contributed by atoms with Gasteiger partial charge in [-0.3, -0.25) is 14.6 Å². The minimum absolute atomic E-state index is 0.00745. The molecule has 1 aromatic heterocycles. The maximum absolute atomic E-state index is 11.4. The average Bonchev–Trinajstić information content (AvgIpc) is 2.34. The Balaban J connectivity index is 2.44. The minimum atomic E-state index is -0.760. The van der Waals surface area contributed by atoms with E-state index in [1.165, 1.54) is 0 Å². The van der Waals surface area contributed by atoms with Crippen molar-refractivity contribution < 1.29 is 9.59 Å². The second-order valence-electron chi connectivity index (χ2n) is 3.63. The molecule has 6 nitrogen and oxygen atoms in total. The maximum Gasteiger partial charge on any atom is 0.309 e. The summed E-state index contributed by atoms with van der Waals surface area (Å²) in [6.07, 6.45) is 3.30. The molecule has 4 N–H and O–H groups in total. The molecule has 1 rings (SSSR count). The van der Waals surface area contributed by atoms with Gasteiger partial charge in [-0.2, -0.15) is 0 Å². The molecule has 18 heavy (non-hydrogen) atoms. The van der Waals surface area contributed by atoms with Crippen LogP contribution in [0.2, 0.25) is 0 Å². The topological polar surface area (TPSA) is 97.1 Å². The van der Waals surface area contributed by atoms with Gasteiger partial charge in [0.15, 0.2) is 0 Å². The van der Waals surface area contributed by atoms with Gasteiger partial charge in [-0.05, 0) is 24.1 Å². The number of aryl methyl sites for hydroxylation is 1. The van der Waals surface area contributed by atoms with Gasteiger partial charge in [-0.25, -0.2) is 0 Å². The molecule has 0 radical (unpaired) electrons. The van der Waals surface area contributed by atoms with E-state index in [0.29, 0.717) is 0 Å². The molecule has 7 heteroatoms. The summed E-state index contributed by atoms with van der Waals surface area (Å²) in [6, 6.07) is 1.83. The maximum atomic E-state index is 11.4. The molecule has 96 valence electrons. The summed E-state index contributed by atoms with van der Waals surface area (Å²) in [7, 11) is 0. The summed E-state index contributed by atoms with van der Waals surface area (Å²) in [4.78, 5) is 26.8. The van der Waals surface area contributed by atoms with Gasteiger partial charge >= 0.3 is 11.8 Å². The normalized spacial score (nSPS) is 9.61. The van der Waals surface area contributed by atoms with Crippen LogP contribution in [-0.2, 0) is 16.1 Å². The van der Waals surface area contributed by atoms with Gasteiger partial charge in [-0.1, -0.05) is 12.2 Å². The first kappa shape index (κ1) is 14.0. The number of amides is 2. The van der Waals surface area contributed by atoms with Crippen LogP contribution in [-0.4, -0.2) is 28.3 Å². The largest absolute Gasteiger partial charge is 0.392 e. The van der Waals surface area contributed by atoms with Crippen LogP contribution in [0.15, 0.2) is 18.5 Å². The summed E-state index contributed by atoms with van der Waals surface area (Å²) in [5.41, 5.74) is 7.05. The van der Waals surface area contributed by atoms with Gasteiger partial charge in [0.05, 0.1) is 11.5 Å². The quantitative estimate of drug-likeness (QED) is 0.500. The number of nitrogens with one attached hydrogen (secondary N) is 2. The number of carbonyl (C=O) groups is 2. The molecule has 0 aromatic carbocycles. The van der Waals surface area contributed by atoms with Crippen LogP contribution < -0.4 is 16.4 Å². The number of hydrogen-bond acceptors (Lipinski definition) is 4. The second-order valence-corrected chi connectivity index (χ2v) is 4.16. The van der Waals surface area contributed by atoms with Crippen molar-refractivity contribution in [3.63, 3.8) is 0 Å². The Kier molecular flexibility index (Phi) is 5.19. The van der Waals surface area contributed by atoms with E-state index >= 15 is 0 Å². The third-order valence-electron chi connectivity index (χ3n) is 2.22. The fourth-order valence-corrected chi connectivity index (χ4v) is 1.26. The summed E-state index contributed by atoms with van der Waals surface area (Å²) in [5, 5.41) is 4.79. The van der Waals surface area contributed by atoms with Crippen LogP contribution in [0.5, 0.6) is 0 Å². The number of carbonyl (C=O) groups excluding carboxylic acids is 2. The monoisotopic (exact) mass is 266 g/mol. The standard InChI is InChI=1S/C11H14N4O2S/c1-7-2-3-13-4-8(7)5-14-10(16)11(17)15-6-9(12)18/h2-4H,5-6H2,1H3,(H2,12,18)(H,14,16)(H,15,17). The molecule has 0 bridgehead atoms. The van der Waals surface area contributed by atoms with Gasteiger partial charge < -0.3 is 16.4 Å². The minimum Gasteiger partial charge on any atom is -0.392 e. The van der Waals surface area contributed by atoms with E-state index in [2.05, 4.69) is 27.8 Å². The highest BCUT2D eigenvalue weighted by atomic mass is 32.1. The molecule has 0 atom stereocenters. The molecule has 0 aliphatic carbocycles. The molecular weight excluding hydrogens is 252 g/mol.